The Morgan fingerprint density at radius 3 is 2.55 bits per heavy atom. The highest BCUT2D eigenvalue weighted by Gasteiger charge is 2.32. The Kier molecular flexibility index (Phi) is 6.95. The van der Waals surface area contributed by atoms with Crippen molar-refractivity contribution in [3.8, 4) is 5.75 Å². The molecule has 0 aromatic heterocycles. The van der Waals surface area contributed by atoms with Gasteiger partial charge in [0.1, 0.15) is 5.75 Å². The normalized spacial score (nSPS) is 18.5. The minimum absolute atomic E-state index is 0.00305. The summed E-state index contributed by atoms with van der Waals surface area (Å²) < 4.78 is 32.6. The molecule has 0 unspecified atom stereocenters. The van der Waals surface area contributed by atoms with E-state index in [4.69, 9.17) is 16.3 Å². The highest BCUT2D eigenvalue weighted by molar-refractivity contribution is 7.88. The Bertz CT molecular complexity index is 966. The molecule has 1 atom stereocenters. The van der Waals surface area contributed by atoms with Crippen molar-refractivity contribution in [1.82, 2.24) is 9.21 Å². The first-order valence-corrected chi connectivity index (χ1v) is 11.5. The molecule has 1 fully saturated rings. The van der Waals surface area contributed by atoms with Gasteiger partial charge in [0, 0.05) is 49.7 Å². The van der Waals surface area contributed by atoms with E-state index in [1.807, 2.05) is 37.3 Å². The van der Waals surface area contributed by atoms with Gasteiger partial charge in [0.15, 0.2) is 0 Å². The molecule has 1 aliphatic rings. The van der Waals surface area contributed by atoms with Gasteiger partial charge in [0.05, 0.1) is 5.75 Å². The van der Waals surface area contributed by atoms with Crippen molar-refractivity contribution in [2.24, 2.45) is 0 Å². The molecular weight excluding hydrogens is 412 g/mol. The minimum atomic E-state index is -3.40. The summed E-state index contributed by atoms with van der Waals surface area (Å²) in [6, 6.07) is 14.2. The standard InChI is InChI=1S/C21H25ClN2O4S/c1-16-13-23(14-19-12-20(22)8-9-21(19)28-17(2)25)10-11-24(16)29(26,27)15-18-6-4-3-5-7-18/h3-9,12,16H,10-11,13-15H2,1-2H3/t16-/m0/s1. The van der Waals surface area contributed by atoms with Crippen molar-refractivity contribution >= 4 is 27.6 Å². The zero-order valence-corrected chi connectivity index (χ0v) is 18.1. The summed E-state index contributed by atoms with van der Waals surface area (Å²) in [7, 11) is -3.40. The van der Waals surface area contributed by atoms with Gasteiger partial charge in [0.25, 0.3) is 0 Å². The molecule has 6 nitrogen and oxygen atoms in total. The van der Waals surface area contributed by atoms with Crippen LogP contribution in [0.25, 0.3) is 0 Å². The van der Waals surface area contributed by atoms with E-state index in [-0.39, 0.29) is 11.8 Å². The molecule has 3 rings (SSSR count). The summed E-state index contributed by atoms with van der Waals surface area (Å²) in [6.07, 6.45) is 0. The Balaban J connectivity index is 1.68. The van der Waals surface area contributed by atoms with Crippen molar-refractivity contribution in [3.63, 3.8) is 0 Å². The van der Waals surface area contributed by atoms with Crippen molar-refractivity contribution in [3.05, 3.63) is 64.7 Å². The van der Waals surface area contributed by atoms with E-state index < -0.39 is 16.0 Å². The largest absolute Gasteiger partial charge is 0.426 e. The molecule has 0 aliphatic carbocycles. The lowest BCUT2D eigenvalue weighted by atomic mass is 10.1. The number of nitrogens with zero attached hydrogens (tertiary/aromatic N) is 2. The van der Waals surface area contributed by atoms with Crippen LogP contribution < -0.4 is 4.74 Å². The fraction of sp³-hybridized carbons (Fsp3) is 0.381. The minimum Gasteiger partial charge on any atom is -0.426 e. The first-order chi connectivity index (χ1) is 13.7. The molecule has 0 amide bonds. The summed E-state index contributed by atoms with van der Waals surface area (Å²) in [6.45, 7) is 5.39. The van der Waals surface area contributed by atoms with Crippen molar-refractivity contribution in [2.45, 2.75) is 32.2 Å². The number of ether oxygens (including phenoxy) is 1. The van der Waals surface area contributed by atoms with E-state index in [0.717, 1.165) is 11.1 Å². The molecule has 0 saturated carbocycles. The van der Waals surface area contributed by atoms with Crippen LogP contribution in [0.5, 0.6) is 5.75 Å². The molecule has 0 spiro atoms. The van der Waals surface area contributed by atoms with Crippen LogP contribution in [0.3, 0.4) is 0 Å². The smallest absolute Gasteiger partial charge is 0.308 e. The van der Waals surface area contributed by atoms with Gasteiger partial charge in [-0.25, -0.2) is 8.42 Å². The second-order valence-corrected chi connectivity index (χ2v) is 9.64. The number of hydrogen-bond donors (Lipinski definition) is 0. The molecule has 0 radical (unpaired) electrons. The number of sulfonamides is 1. The molecule has 0 bridgehead atoms. The predicted octanol–water partition coefficient (Wildman–Crippen LogP) is 3.30. The molecule has 29 heavy (non-hydrogen) atoms. The molecule has 1 saturated heterocycles. The van der Waals surface area contributed by atoms with Crippen LogP contribution in [0.4, 0.5) is 0 Å². The highest BCUT2D eigenvalue weighted by Crippen LogP contribution is 2.26. The van der Waals surface area contributed by atoms with E-state index in [2.05, 4.69) is 4.90 Å². The number of carbonyl (C=O) groups is 1. The molecule has 2 aromatic carbocycles. The van der Waals surface area contributed by atoms with E-state index in [1.165, 1.54) is 6.92 Å². The van der Waals surface area contributed by atoms with E-state index in [9.17, 15) is 13.2 Å². The number of halogens is 1. The number of benzene rings is 2. The van der Waals surface area contributed by atoms with Crippen molar-refractivity contribution in [2.75, 3.05) is 19.6 Å². The topological polar surface area (TPSA) is 66.9 Å². The fourth-order valence-corrected chi connectivity index (χ4v) is 5.56. The fourth-order valence-electron chi connectivity index (χ4n) is 3.61. The second kappa shape index (κ2) is 9.26. The maximum absolute atomic E-state index is 12.9. The molecule has 156 valence electrons. The summed E-state index contributed by atoms with van der Waals surface area (Å²) in [5.74, 6) is 0.0933. The van der Waals surface area contributed by atoms with Gasteiger partial charge in [-0.05, 0) is 30.7 Å². The third-order valence-corrected chi connectivity index (χ3v) is 7.06. The Hall–Kier alpha value is -1.93. The number of carbonyl (C=O) groups excluding carboxylic acids is 1. The number of hydrogen-bond acceptors (Lipinski definition) is 5. The highest BCUT2D eigenvalue weighted by atomic mass is 35.5. The summed E-state index contributed by atoms with van der Waals surface area (Å²) in [5.41, 5.74) is 1.59. The third-order valence-electron chi connectivity index (χ3n) is 4.87. The molecule has 1 aliphatic heterocycles. The lowest BCUT2D eigenvalue weighted by molar-refractivity contribution is -0.131. The average molecular weight is 437 g/mol. The molecule has 8 heteroatoms. The quantitative estimate of drug-likeness (QED) is 0.513. The first kappa shape index (κ1) is 21.8. The Labute approximate surface area is 177 Å². The van der Waals surface area contributed by atoms with Crippen molar-refractivity contribution < 1.29 is 17.9 Å². The van der Waals surface area contributed by atoms with Crippen molar-refractivity contribution in [1.29, 1.82) is 0 Å². The van der Waals surface area contributed by atoms with Gasteiger partial charge in [0.2, 0.25) is 10.0 Å². The van der Waals surface area contributed by atoms with E-state index in [0.29, 0.717) is 37.0 Å². The second-order valence-electron chi connectivity index (χ2n) is 7.28. The summed E-state index contributed by atoms with van der Waals surface area (Å²) in [4.78, 5) is 13.5. The maximum atomic E-state index is 12.9. The number of rotatable bonds is 6. The van der Waals surface area contributed by atoms with E-state index in [1.54, 1.807) is 22.5 Å². The third kappa shape index (κ3) is 5.79. The predicted molar refractivity (Wildman–Crippen MR) is 113 cm³/mol. The van der Waals surface area contributed by atoms with Crippen LogP contribution in [0.1, 0.15) is 25.0 Å². The van der Waals surface area contributed by atoms with Gasteiger partial charge in [-0.3, -0.25) is 9.69 Å². The lowest BCUT2D eigenvalue weighted by Gasteiger charge is -2.39. The number of piperazine rings is 1. The zero-order valence-electron chi connectivity index (χ0n) is 16.5. The van der Waals surface area contributed by atoms with Gasteiger partial charge in [-0.15, -0.1) is 0 Å². The van der Waals surface area contributed by atoms with Gasteiger partial charge in [-0.2, -0.15) is 4.31 Å². The first-order valence-electron chi connectivity index (χ1n) is 9.47. The van der Waals surface area contributed by atoms with Crippen LogP contribution in [-0.4, -0.2) is 49.3 Å². The molecule has 1 heterocycles. The maximum Gasteiger partial charge on any atom is 0.308 e. The van der Waals surface area contributed by atoms with E-state index >= 15 is 0 Å². The van der Waals surface area contributed by atoms with Crippen LogP contribution >= 0.6 is 11.6 Å². The molecule has 0 N–H and O–H groups in total. The van der Waals surface area contributed by atoms with Gasteiger partial charge < -0.3 is 4.74 Å². The van der Waals surface area contributed by atoms with Gasteiger partial charge in [-0.1, -0.05) is 41.9 Å². The van der Waals surface area contributed by atoms with Crippen LogP contribution in [-0.2, 0) is 27.1 Å². The molecule has 2 aromatic rings. The van der Waals surface area contributed by atoms with Crippen LogP contribution in [0.2, 0.25) is 5.02 Å². The molecular formula is C21H25ClN2O4S. The number of esters is 1. The zero-order chi connectivity index (χ0) is 21.0. The average Bonchev–Trinajstić information content (AvgIpc) is 2.64. The lowest BCUT2D eigenvalue weighted by Crippen LogP contribution is -2.53. The summed E-state index contributed by atoms with van der Waals surface area (Å²) in [5, 5.41) is 0.563. The SMILES string of the molecule is CC(=O)Oc1ccc(Cl)cc1CN1CCN(S(=O)(=O)Cc2ccccc2)[C@@H](C)C1. The summed E-state index contributed by atoms with van der Waals surface area (Å²) >= 11 is 6.11. The monoisotopic (exact) mass is 436 g/mol. The Morgan fingerprint density at radius 2 is 1.90 bits per heavy atom. The van der Waals surface area contributed by atoms with Crippen LogP contribution in [0, 0.1) is 0 Å². The van der Waals surface area contributed by atoms with Crippen LogP contribution in [0.15, 0.2) is 48.5 Å². The Morgan fingerprint density at radius 1 is 1.17 bits per heavy atom. The van der Waals surface area contributed by atoms with Gasteiger partial charge >= 0.3 is 5.97 Å².